The number of hydroxylamine groups is 2. The van der Waals surface area contributed by atoms with Gasteiger partial charge in [0.05, 0.1) is 18.7 Å². The van der Waals surface area contributed by atoms with Gasteiger partial charge in [0.2, 0.25) is 0 Å². The highest BCUT2D eigenvalue weighted by molar-refractivity contribution is 5.68. The molecule has 0 unspecified atom stereocenters. The molecule has 0 radical (unpaired) electrons. The number of ether oxygens (including phenoxy) is 1. The molecule has 3 atom stereocenters. The van der Waals surface area contributed by atoms with Gasteiger partial charge in [0, 0.05) is 13.1 Å². The van der Waals surface area contributed by atoms with Crippen molar-refractivity contribution in [2.75, 3.05) is 13.1 Å². The lowest BCUT2D eigenvalue weighted by Gasteiger charge is -2.28. The molecule has 6 nitrogen and oxygen atoms in total. The van der Waals surface area contributed by atoms with E-state index in [2.05, 4.69) is 12.1 Å². The first kappa shape index (κ1) is 18.9. The molecule has 2 aliphatic heterocycles. The molecule has 2 aliphatic rings. The third-order valence-corrected chi connectivity index (χ3v) is 5.34. The average Bonchev–Trinajstić information content (AvgIpc) is 3.34. The number of nitrogens with zero attached hydrogens (tertiary/aromatic N) is 2. The van der Waals surface area contributed by atoms with Gasteiger partial charge < -0.3 is 9.84 Å². The number of benzene rings is 2. The minimum atomic E-state index is -0.541. The zero-order chi connectivity index (χ0) is 19.3. The summed E-state index contributed by atoms with van der Waals surface area (Å²) >= 11 is 0. The Morgan fingerprint density at radius 1 is 1.07 bits per heavy atom. The first-order valence-electron chi connectivity index (χ1n) is 9.80. The van der Waals surface area contributed by atoms with Gasteiger partial charge in [-0.05, 0) is 24.0 Å². The maximum atomic E-state index is 12.6. The zero-order valence-electron chi connectivity index (χ0n) is 15.8. The van der Waals surface area contributed by atoms with Crippen LogP contribution in [-0.2, 0) is 22.7 Å². The predicted octanol–water partition coefficient (Wildman–Crippen LogP) is 2.96. The van der Waals surface area contributed by atoms with E-state index in [0.717, 1.165) is 18.5 Å². The molecule has 148 valence electrons. The van der Waals surface area contributed by atoms with Gasteiger partial charge in [-0.1, -0.05) is 60.7 Å². The largest absolute Gasteiger partial charge is 0.445 e. The van der Waals surface area contributed by atoms with Crippen LogP contribution in [0.2, 0.25) is 0 Å². The van der Waals surface area contributed by atoms with Crippen LogP contribution in [0.3, 0.4) is 0 Å². The van der Waals surface area contributed by atoms with Crippen molar-refractivity contribution in [3.8, 4) is 0 Å². The highest BCUT2D eigenvalue weighted by Crippen LogP contribution is 2.29. The molecular formula is C22H26N2O4. The lowest BCUT2D eigenvalue weighted by Crippen LogP contribution is -2.43. The van der Waals surface area contributed by atoms with Crippen LogP contribution >= 0.6 is 0 Å². The van der Waals surface area contributed by atoms with Crippen molar-refractivity contribution >= 4 is 6.09 Å². The fourth-order valence-electron chi connectivity index (χ4n) is 3.94. The minimum absolute atomic E-state index is 0.120. The Morgan fingerprint density at radius 2 is 1.75 bits per heavy atom. The van der Waals surface area contributed by atoms with E-state index in [1.807, 2.05) is 53.6 Å². The van der Waals surface area contributed by atoms with E-state index in [1.54, 1.807) is 4.90 Å². The summed E-state index contributed by atoms with van der Waals surface area (Å²) in [6, 6.07) is 19.6. The molecule has 28 heavy (non-hydrogen) atoms. The molecule has 4 rings (SSSR count). The molecular weight excluding hydrogens is 356 g/mol. The zero-order valence-corrected chi connectivity index (χ0v) is 15.8. The molecule has 0 aliphatic carbocycles. The number of aliphatic hydroxyl groups excluding tert-OH is 1. The molecule has 0 bridgehead atoms. The first-order chi connectivity index (χ1) is 13.7. The van der Waals surface area contributed by atoms with E-state index < -0.39 is 12.2 Å². The van der Waals surface area contributed by atoms with Gasteiger partial charge in [0.25, 0.3) is 0 Å². The summed E-state index contributed by atoms with van der Waals surface area (Å²) in [6.45, 7) is 2.03. The topological polar surface area (TPSA) is 62.2 Å². The summed E-state index contributed by atoms with van der Waals surface area (Å²) in [7, 11) is 0. The van der Waals surface area contributed by atoms with Crippen molar-refractivity contribution in [3.05, 3.63) is 71.8 Å². The molecule has 2 fully saturated rings. The number of β-amino-alcohol motifs (C(OH)–C–C–N with tert-alkyl or cyclic N) is 1. The van der Waals surface area contributed by atoms with Gasteiger partial charge in [0.1, 0.15) is 12.7 Å². The number of likely N-dealkylation sites (tertiary alicyclic amines) is 1. The van der Waals surface area contributed by atoms with Crippen molar-refractivity contribution < 1.29 is 19.5 Å². The Morgan fingerprint density at radius 3 is 2.46 bits per heavy atom. The monoisotopic (exact) mass is 382 g/mol. The summed E-state index contributed by atoms with van der Waals surface area (Å²) in [6.07, 6.45) is 0.290. The molecule has 6 heteroatoms. The lowest BCUT2D eigenvalue weighted by molar-refractivity contribution is -0.165. The maximum absolute atomic E-state index is 12.6. The first-order valence-corrected chi connectivity index (χ1v) is 9.80. The van der Waals surface area contributed by atoms with Crippen LogP contribution in [0.5, 0.6) is 0 Å². The number of hydrogen-bond acceptors (Lipinski definition) is 5. The van der Waals surface area contributed by atoms with Gasteiger partial charge in [-0.3, -0.25) is 9.74 Å². The molecule has 1 amide bonds. The van der Waals surface area contributed by atoms with E-state index in [9.17, 15) is 9.90 Å². The SMILES string of the molecule is O=C(OCc1ccccc1)N1C[C@H](O)C[C@H]1[C@@H]1CCN(Cc2ccccc2)O1. The van der Waals surface area contributed by atoms with E-state index in [4.69, 9.17) is 9.57 Å². The predicted molar refractivity (Wildman–Crippen MR) is 104 cm³/mol. The number of rotatable bonds is 5. The third kappa shape index (κ3) is 4.52. The van der Waals surface area contributed by atoms with Crippen LogP contribution in [-0.4, -0.2) is 52.5 Å². The number of amides is 1. The Balaban J connectivity index is 1.34. The number of hydrogen-bond donors (Lipinski definition) is 1. The van der Waals surface area contributed by atoms with Crippen molar-refractivity contribution in [3.63, 3.8) is 0 Å². The van der Waals surface area contributed by atoms with E-state index in [-0.39, 0.29) is 25.3 Å². The van der Waals surface area contributed by atoms with Crippen molar-refractivity contribution in [2.24, 2.45) is 0 Å². The summed E-state index contributed by atoms with van der Waals surface area (Å²) in [5.41, 5.74) is 2.13. The number of carbonyl (C=O) groups excluding carboxylic acids is 1. The van der Waals surface area contributed by atoms with Gasteiger partial charge >= 0.3 is 6.09 Å². The van der Waals surface area contributed by atoms with Crippen LogP contribution in [0, 0.1) is 0 Å². The fourth-order valence-corrected chi connectivity index (χ4v) is 3.94. The molecule has 2 aromatic rings. The van der Waals surface area contributed by atoms with Gasteiger partial charge in [-0.25, -0.2) is 4.79 Å². The molecule has 0 spiro atoms. The normalized spacial score (nSPS) is 25.2. The number of aliphatic hydroxyl groups is 1. The van der Waals surface area contributed by atoms with Crippen molar-refractivity contribution in [1.82, 2.24) is 9.96 Å². The Hall–Kier alpha value is -2.41. The smallest absolute Gasteiger partial charge is 0.410 e. The van der Waals surface area contributed by atoms with Crippen LogP contribution in [0.15, 0.2) is 60.7 Å². The Bertz CT molecular complexity index is 771. The summed E-state index contributed by atoms with van der Waals surface area (Å²) < 4.78 is 5.48. The second kappa shape index (κ2) is 8.73. The molecule has 0 aromatic heterocycles. The maximum Gasteiger partial charge on any atom is 0.410 e. The molecule has 2 saturated heterocycles. The lowest BCUT2D eigenvalue weighted by atomic mass is 10.1. The number of carbonyl (C=O) groups is 1. The van der Waals surface area contributed by atoms with Gasteiger partial charge in [-0.2, -0.15) is 5.06 Å². The summed E-state index contributed by atoms with van der Waals surface area (Å²) in [5.74, 6) is 0. The summed E-state index contributed by atoms with van der Waals surface area (Å²) in [4.78, 5) is 20.4. The summed E-state index contributed by atoms with van der Waals surface area (Å²) in [5, 5.41) is 12.1. The molecule has 1 N–H and O–H groups in total. The molecule has 2 aromatic carbocycles. The van der Waals surface area contributed by atoms with E-state index in [0.29, 0.717) is 13.0 Å². The quantitative estimate of drug-likeness (QED) is 0.861. The third-order valence-electron chi connectivity index (χ3n) is 5.34. The van der Waals surface area contributed by atoms with Crippen LogP contribution in [0.1, 0.15) is 24.0 Å². The second-order valence-corrected chi connectivity index (χ2v) is 7.43. The highest BCUT2D eigenvalue weighted by atomic mass is 16.7. The van der Waals surface area contributed by atoms with Gasteiger partial charge in [-0.15, -0.1) is 0 Å². The molecule has 2 heterocycles. The van der Waals surface area contributed by atoms with Crippen LogP contribution in [0.4, 0.5) is 4.79 Å². The average molecular weight is 382 g/mol. The minimum Gasteiger partial charge on any atom is -0.445 e. The highest BCUT2D eigenvalue weighted by Gasteiger charge is 2.43. The Labute approximate surface area is 165 Å². The fraction of sp³-hybridized carbons (Fsp3) is 0.409. The molecule has 0 saturated carbocycles. The van der Waals surface area contributed by atoms with Crippen molar-refractivity contribution in [2.45, 2.75) is 44.2 Å². The van der Waals surface area contributed by atoms with E-state index >= 15 is 0 Å². The standard InChI is InChI=1S/C22H26N2O4/c25-19-13-20(21-11-12-23(28-21)14-17-7-3-1-4-8-17)24(15-19)22(26)27-16-18-9-5-2-6-10-18/h1-10,19-21,25H,11-16H2/t19-,20+,21+/m1/s1. The second-order valence-electron chi connectivity index (χ2n) is 7.43. The Kier molecular flexibility index (Phi) is 5.90. The van der Waals surface area contributed by atoms with Crippen molar-refractivity contribution in [1.29, 1.82) is 0 Å². The van der Waals surface area contributed by atoms with Crippen LogP contribution in [0.25, 0.3) is 0 Å². The van der Waals surface area contributed by atoms with E-state index in [1.165, 1.54) is 5.56 Å². The van der Waals surface area contributed by atoms with Crippen LogP contribution < -0.4 is 0 Å². The van der Waals surface area contributed by atoms with Gasteiger partial charge in [0.15, 0.2) is 0 Å².